The van der Waals surface area contributed by atoms with Crippen LogP contribution in [0, 0.1) is 10.1 Å². The summed E-state index contributed by atoms with van der Waals surface area (Å²) in [5.41, 5.74) is -0.00872. The number of thiophene rings is 1. The predicted octanol–water partition coefficient (Wildman–Crippen LogP) is 3.48. The zero-order chi connectivity index (χ0) is 16.8. The Labute approximate surface area is 144 Å². The Morgan fingerprint density at radius 3 is 2.71 bits per heavy atom. The van der Waals surface area contributed by atoms with Gasteiger partial charge in [0, 0.05) is 24.5 Å². The largest absolute Gasteiger partial charge is 0.364 e. The van der Waals surface area contributed by atoms with Gasteiger partial charge in [-0.1, -0.05) is 18.9 Å². The lowest BCUT2D eigenvalue weighted by Crippen LogP contribution is -2.26. The van der Waals surface area contributed by atoms with Crippen molar-refractivity contribution in [3.05, 3.63) is 38.8 Å². The van der Waals surface area contributed by atoms with Crippen LogP contribution in [0.4, 0.5) is 17.3 Å². The summed E-state index contributed by atoms with van der Waals surface area (Å²) in [7, 11) is 0. The van der Waals surface area contributed by atoms with Crippen molar-refractivity contribution in [2.24, 2.45) is 0 Å². The fraction of sp³-hybridized carbons (Fsp3) is 0.500. The van der Waals surface area contributed by atoms with E-state index in [1.54, 1.807) is 11.3 Å². The first-order chi connectivity index (χ1) is 11.8. The lowest BCUT2D eigenvalue weighted by molar-refractivity contribution is -0.383. The van der Waals surface area contributed by atoms with Gasteiger partial charge in [0.2, 0.25) is 11.6 Å². The standard InChI is InChI=1S/C16H21N5O2S/c22-21(23)14-15(17-8-7-13-6-5-11-24-13)18-12-19-16(14)20-9-3-1-2-4-10-20/h5-6,11-12H,1-4,7-10H2,(H,17,18,19). The van der Waals surface area contributed by atoms with Crippen molar-refractivity contribution in [1.29, 1.82) is 0 Å². The summed E-state index contributed by atoms with van der Waals surface area (Å²) in [6, 6.07) is 4.06. The normalized spacial score (nSPS) is 15.1. The molecular formula is C16H21N5O2S. The van der Waals surface area contributed by atoms with E-state index in [0.29, 0.717) is 18.2 Å². The summed E-state index contributed by atoms with van der Waals surface area (Å²) in [6.45, 7) is 2.23. The maximum absolute atomic E-state index is 11.6. The molecule has 1 aliphatic heterocycles. The van der Waals surface area contributed by atoms with E-state index in [1.165, 1.54) is 24.0 Å². The highest BCUT2D eigenvalue weighted by molar-refractivity contribution is 7.09. The Morgan fingerprint density at radius 2 is 2.04 bits per heavy atom. The fourth-order valence-electron chi connectivity index (χ4n) is 2.94. The number of hydrogen-bond donors (Lipinski definition) is 1. The van der Waals surface area contributed by atoms with E-state index in [4.69, 9.17) is 0 Å². The quantitative estimate of drug-likeness (QED) is 0.636. The van der Waals surface area contributed by atoms with Gasteiger partial charge in [-0.05, 0) is 30.7 Å². The SMILES string of the molecule is O=[N+]([O-])c1c(NCCc2cccs2)ncnc1N1CCCCCC1. The monoisotopic (exact) mass is 347 g/mol. The molecule has 1 saturated heterocycles. The molecule has 0 aromatic carbocycles. The second-order valence-corrected chi connectivity index (χ2v) is 6.84. The molecule has 2 aromatic rings. The first kappa shape index (κ1) is 16.6. The van der Waals surface area contributed by atoms with Crippen molar-refractivity contribution in [1.82, 2.24) is 9.97 Å². The van der Waals surface area contributed by atoms with Gasteiger partial charge in [-0.3, -0.25) is 10.1 Å². The first-order valence-corrected chi connectivity index (χ1v) is 9.14. The molecule has 8 heteroatoms. The van der Waals surface area contributed by atoms with E-state index < -0.39 is 0 Å². The molecule has 0 unspecified atom stereocenters. The van der Waals surface area contributed by atoms with Crippen molar-refractivity contribution in [3.63, 3.8) is 0 Å². The zero-order valence-electron chi connectivity index (χ0n) is 13.5. The summed E-state index contributed by atoms with van der Waals surface area (Å²) < 4.78 is 0. The third-order valence-corrected chi connectivity index (χ3v) is 5.07. The van der Waals surface area contributed by atoms with Crippen molar-refractivity contribution in [2.75, 3.05) is 29.9 Å². The minimum absolute atomic E-state index is 0.00872. The molecule has 2 aromatic heterocycles. The third kappa shape index (κ3) is 4.00. The van der Waals surface area contributed by atoms with Gasteiger partial charge >= 0.3 is 5.69 Å². The Kier molecular flexibility index (Phi) is 5.58. The van der Waals surface area contributed by atoms with Gasteiger partial charge in [-0.15, -0.1) is 11.3 Å². The van der Waals surface area contributed by atoms with E-state index in [0.717, 1.165) is 32.4 Å². The number of nitrogens with zero attached hydrogens (tertiary/aromatic N) is 4. The van der Waals surface area contributed by atoms with E-state index in [-0.39, 0.29) is 10.6 Å². The molecule has 128 valence electrons. The van der Waals surface area contributed by atoms with E-state index in [1.807, 2.05) is 16.3 Å². The second-order valence-electron chi connectivity index (χ2n) is 5.81. The molecule has 0 amide bonds. The fourth-order valence-corrected chi connectivity index (χ4v) is 3.65. The number of hydrogen-bond acceptors (Lipinski definition) is 7. The summed E-state index contributed by atoms with van der Waals surface area (Å²) in [5, 5.41) is 16.8. The van der Waals surface area contributed by atoms with Gasteiger partial charge in [0.05, 0.1) is 4.92 Å². The first-order valence-electron chi connectivity index (χ1n) is 8.26. The van der Waals surface area contributed by atoms with Crippen LogP contribution in [-0.4, -0.2) is 34.5 Å². The number of aromatic nitrogens is 2. The highest BCUT2D eigenvalue weighted by Crippen LogP contribution is 2.32. The van der Waals surface area contributed by atoms with Crippen LogP contribution in [0.25, 0.3) is 0 Å². The van der Waals surface area contributed by atoms with Gasteiger partial charge in [0.1, 0.15) is 6.33 Å². The average molecular weight is 347 g/mol. The highest BCUT2D eigenvalue weighted by Gasteiger charge is 2.27. The number of anilines is 2. The Hall–Kier alpha value is -2.22. The molecule has 0 saturated carbocycles. The number of nitrogens with one attached hydrogen (secondary N) is 1. The van der Waals surface area contributed by atoms with Crippen LogP contribution in [0.5, 0.6) is 0 Å². The van der Waals surface area contributed by atoms with Crippen LogP contribution < -0.4 is 10.2 Å². The summed E-state index contributed by atoms with van der Waals surface area (Å²) >= 11 is 1.68. The van der Waals surface area contributed by atoms with Crippen LogP contribution in [0.1, 0.15) is 30.6 Å². The summed E-state index contributed by atoms with van der Waals surface area (Å²) in [5.74, 6) is 0.751. The van der Waals surface area contributed by atoms with Crippen LogP contribution in [0.2, 0.25) is 0 Å². The maximum atomic E-state index is 11.6. The lowest BCUT2D eigenvalue weighted by Gasteiger charge is -2.21. The molecule has 0 bridgehead atoms. The van der Waals surface area contributed by atoms with E-state index in [9.17, 15) is 10.1 Å². The molecule has 0 radical (unpaired) electrons. The predicted molar refractivity (Wildman–Crippen MR) is 95.9 cm³/mol. The van der Waals surface area contributed by atoms with E-state index >= 15 is 0 Å². The molecule has 0 atom stereocenters. The number of rotatable bonds is 6. The van der Waals surface area contributed by atoms with Crippen LogP contribution in [0.15, 0.2) is 23.8 Å². The maximum Gasteiger partial charge on any atom is 0.353 e. The van der Waals surface area contributed by atoms with Crippen LogP contribution in [0.3, 0.4) is 0 Å². The van der Waals surface area contributed by atoms with Gasteiger partial charge < -0.3 is 10.2 Å². The second kappa shape index (κ2) is 8.05. The van der Waals surface area contributed by atoms with Crippen molar-refractivity contribution >= 4 is 28.7 Å². The lowest BCUT2D eigenvalue weighted by atomic mass is 10.2. The molecule has 3 rings (SSSR count). The third-order valence-electron chi connectivity index (χ3n) is 4.14. The topological polar surface area (TPSA) is 84.2 Å². The molecule has 1 N–H and O–H groups in total. The molecule has 1 fully saturated rings. The molecule has 7 nitrogen and oxygen atoms in total. The zero-order valence-corrected chi connectivity index (χ0v) is 14.3. The van der Waals surface area contributed by atoms with Gasteiger partial charge in [0.25, 0.3) is 0 Å². The molecular weight excluding hydrogens is 326 g/mol. The van der Waals surface area contributed by atoms with Crippen molar-refractivity contribution in [2.45, 2.75) is 32.1 Å². The Morgan fingerprint density at radius 1 is 1.25 bits per heavy atom. The summed E-state index contributed by atoms with van der Waals surface area (Å²) in [4.78, 5) is 22.9. The Balaban J connectivity index is 1.77. The molecule has 0 aliphatic carbocycles. The highest BCUT2D eigenvalue weighted by atomic mass is 32.1. The van der Waals surface area contributed by atoms with Crippen molar-refractivity contribution in [3.8, 4) is 0 Å². The summed E-state index contributed by atoms with van der Waals surface area (Å²) in [6.07, 6.45) is 6.66. The average Bonchev–Trinajstić information content (AvgIpc) is 2.94. The van der Waals surface area contributed by atoms with Gasteiger partial charge in [0.15, 0.2) is 0 Å². The molecule has 0 spiro atoms. The minimum atomic E-state index is -0.367. The van der Waals surface area contributed by atoms with E-state index in [2.05, 4.69) is 21.4 Å². The van der Waals surface area contributed by atoms with Gasteiger partial charge in [-0.2, -0.15) is 0 Å². The Bertz CT molecular complexity index is 669. The number of nitro groups is 1. The van der Waals surface area contributed by atoms with Crippen LogP contribution >= 0.6 is 11.3 Å². The van der Waals surface area contributed by atoms with Gasteiger partial charge in [-0.25, -0.2) is 9.97 Å². The minimum Gasteiger partial charge on any atom is -0.364 e. The smallest absolute Gasteiger partial charge is 0.353 e. The van der Waals surface area contributed by atoms with Crippen molar-refractivity contribution < 1.29 is 4.92 Å². The molecule has 3 heterocycles. The molecule has 1 aliphatic rings. The molecule has 24 heavy (non-hydrogen) atoms. The van der Waals surface area contributed by atoms with Crippen LogP contribution in [-0.2, 0) is 6.42 Å².